The average molecular weight is 438 g/mol. The maximum atomic E-state index is 13.4. The number of nitrogens with zero attached hydrogens (tertiary/aromatic N) is 4. The summed E-state index contributed by atoms with van der Waals surface area (Å²) in [6.07, 6.45) is 11.5. The van der Waals surface area contributed by atoms with Gasteiger partial charge in [0.2, 0.25) is 5.91 Å². The van der Waals surface area contributed by atoms with Gasteiger partial charge >= 0.3 is 0 Å². The van der Waals surface area contributed by atoms with Gasteiger partial charge < -0.3 is 19.7 Å². The lowest BCUT2D eigenvalue weighted by Crippen LogP contribution is -2.42. The zero-order chi connectivity index (χ0) is 22.3. The van der Waals surface area contributed by atoms with Crippen LogP contribution in [-0.4, -0.2) is 59.0 Å². The Morgan fingerprint density at radius 2 is 1.97 bits per heavy atom. The highest BCUT2D eigenvalue weighted by Gasteiger charge is 2.27. The normalized spacial score (nSPS) is 19.1. The van der Waals surface area contributed by atoms with Gasteiger partial charge in [0.1, 0.15) is 0 Å². The van der Waals surface area contributed by atoms with E-state index in [2.05, 4.69) is 28.2 Å². The van der Waals surface area contributed by atoms with E-state index in [0.717, 1.165) is 43.6 Å². The van der Waals surface area contributed by atoms with Crippen LogP contribution in [0.1, 0.15) is 54.4 Å². The maximum Gasteiger partial charge on any atom is 0.254 e. The van der Waals surface area contributed by atoms with Crippen LogP contribution in [0.3, 0.4) is 0 Å². The van der Waals surface area contributed by atoms with Gasteiger partial charge in [-0.15, -0.1) is 0 Å². The molecule has 0 saturated carbocycles. The number of nitrogens with one attached hydrogen (secondary N) is 1. The molecule has 32 heavy (non-hydrogen) atoms. The highest BCUT2D eigenvalue weighted by Crippen LogP contribution is 2.28. The summed E-state index contributed by atoms with van der Waals surface area (Å²) in [7, 11) is 0. The molecule has 1 unspecified atom stereocenters. The second kappa shape index (κ2) is 10.7. The average Bonchev–Trinajstić information content (AvgIpc) is 3.33. The molecular formula is C25H35N5O2. The zero-order valence-electron chi connectivity index (χ0n) is 19.1. The molecule has 2 aliphatic heterocycles. The van der Waals surface area contributed by atoms with Crippen LogP contribution < -0.4 is 10.2 Å². The lowest BCUT2D eigenvalue weighted by atomic mass is 9.93. The van der Waals surface area contributed by atoms with Crippen molar-refractivity contribution in [3.63, 3.8) is 0 Å². The molecule has 0 spiro atoms. The molecule has 172 valence electrons. The standard InChI is InChI=1S/C25H35N5O2/c1-20-22(8-5-9-23(20)29-12-3-2-4-13-29)25(32)30-14-6-7-21(18-30)17-24(31)27-11-16-28-15-10-26-19-28/h5,8-10,15,19,21H,2-4,6-7,11-14,16-18H2,1H3,(H,27,31). The number of benzene rings is 1. The number of aromatic nitrogens is 2. The first-order chi connectivity index (χ1) is 15.6. The Kier molecular flexibility index (Phi) is 7.45. The molecule has 7 nitrogen and oxygen atoms in total. The number of hydrogen-bond acceptors (Lipinski definition) is 4. The number of hydrogen-bond donors (Lipinski definition) is 1. The fourth-order valence-corrected chi connectivity index (χ4v) is 5.00. The predicted molar refractivity (Wildman–Crippen MR) is 126 cm³/mol. The molecule has 3 heterocycles. The number of anilines is 1. The smallest absolute Gasteiger partial charge is 0.254 e. The molecule has 2 amide bonds. The predicted octanol–water partition coefficient (Wildman–Crippen LogP) is 3.24. The van der Waals surface area contributed by atoms with Gasteiger partial charge in [0.15, 0.2) is 0 Å². The van der Waals surface area contributed by atoms with E-state index in [1.807, 2.05) is 27.8 Å². The third kappa shape index (κ3) is 5.50. The molecule has 1 aromatic carbocycles. The lowest BCUT2D eigenvalue weighted by molar-refractivity contribution is -0.122. The van der Waals surface area contributed by atoms with Crippen molar-refractivity contribution in [1.29, 1.82) is 0 Å². The van der Waals surface area contributed by atoms with Crippen molar-refractivity contribution >= 4 is 17.5 Å². The largest absolute Gasteiger partial charge is 0.371 e. The van der Waals surface area contributed by atoms with Crippen LogP contribution in [-0.2, 0) is 11.3 Å². The number of carbonyl (C=O) groups excluding carboxylic acids is 2. The topological polar surface area (TPSA) is 70.5 Å². The van der Waals surface area contributed by atoms with Gasteiger partial charge in [0.05, 0.1) is 6.33 Å². The van der Waals surface area contributed by atoms with Crippen LogP contribution in [0.25, 0.3) is 0 Å². The van der Waals surface area contributed by atoms with Crippen LogP contribution in [0, 0.1) is 12.8 Å². The molecule has 2 saturated heterocycles. The van der Waals surface area contributed by atoms with Crippen LogP contribution >= 0.6 is 0 Å². The van der Waals surface area contributed by atoms with Crippen LogP contribution in [0.4, 0.5) is 5.69 Å². The van der Waals surface area contributed by atoms with Crippen molar-refractivity contribution in [1.82, 2.24) is 19.8 Å². The Morgan fingerprint density at radius 3 is 2.75 bits per heavy atom. The van der Waals surface area contributed by atoms with Crippen molar-refractivity contribution in [3.8, 4) is 0 Å². The van der Waals surface area contributed by atoms with E-state index in [4.69, 9.17) is 0 Å². The summed E-state index contributed by atoms with van der Waals surface area (Å²) in [5, 5.41) is 3.00. The Hall–Kier alpha value is -2.83. The molecule has 1 N–H and O–H groups in total. The highest BCUT2D eigenvalue weighted by molar-refractivity contribution is 5.97. The van der Waals surface area contributed by atoms with Gasteiger partial charge in [-0.2, -0.15) is 0 Å². The first-order valence-electron chi connectivity index (χ1n) is 12.0. The molecule has 1 aromatic heterocycles. The Morgan fingerprint density at radius 1 is 1.12 bits per heavy atom. The SMILES string of the molecule is Cc1c(C(=O)N2CCCC(CC(=O)NCCn3ccnc3)C2)cccc1N1CCCCC1. The van der Waals surface area contributed by atoms with Crippen LogP contribution in [0.2, 0.25) is 0 Å². The molecule has 0 radical (unpaired) electrons. The number of likely N-dealkylation sites (tertiary alicyclic amines) is 1. The second-order valence-electron chi connectivity index (χ2n) is 9.11. The first-order valence-corrected chi connectivity index (χ1v) is 12.0. The second-order valence-corrected chi connectivity index (χ2v) is 9.11. The number of carbonyl (C=O) groups is 2. The van der Waals surface area contributed by atoms with Crippen molar-refractivity contribution in [2.45, 2.75) is 52.0 Å². The van der Waals surface area contributed by atoms with Crippen LogP contribution in [0.15, 0.2) is 36.9 Å². The Bertz CT molecular complexity index is 905. The quantitative estimate of drug-likeness (QED) is 0.722. The van der Waals surface area contributed by atoms with E-state index in [1.165, 1.54) is 24.9 Å². The molecule has 4 rings (SSSR count). The van der Waals surface area contributed by atoms with E-state index < -0.39 is 0 Å². The number of imidazole rings is 1. The van der Waals surface area contributed by atoms with Gasteiger partial charge in [-0.3, -0.25) is 9.59 Å². The Labute approximate surface area is 190 Å². The minimum absolute atomic E-state index is 0.0627. The van der Waals surface area contributed by atoms with Crippen molar-refractivity contribution < 1.29 is 9.59 Å². The van der Waals surface area contributed by atoms with Gasteiger partial charge in [-0.25, -0.2) is 4.98 Å². The first kappa shape index (κ1) is 22.4. The summed E-state index contributed by atoms with van der Waals surface area (Å²) in [4.78, 5) is 34.2. The lowest BCUT2D eigenvalue weighted by Gasteiger charge is -2.34. The fourth-order valence-electron chi connectivity index (χ4n) is 5.00. The van der Waals surface area contributed by atoms with E-state index in [9.17, 15) is 9.59 Å². The van der Waals surface area contributed by atoms with Crippen LogP contribution in [0.5, 0.6) is 0 Å². The van der Waals surface area contributed by atoms with Crippen molar-refractivity contribution in [2.24, 2.45) is 5.92 Å². The van der Waals surface area contributed by atoms with Gasteiger partial charge in [0, 0.05) is 69.3 Å². The fraction of sp³-hybridized carbons (Fsp3) is 0.560. The van der Waals surface area contributed by atoms with E-state index in [0.29, 0.717) is 26.1 Å². The minimum Gasteiger partial charge on any atom is -0.371 e. The summed E-state index contributed by atoms with van der Waals surface area (Å²) < 4.78 is 1.95. The third-order valence-electron chi connectivity index (χ3n) is 6.76. The summed E-state index contributed by atoms with van der Waals surface area (Å²) in [5.74, 6) is 0.380. The molecule has 0 aliphatic carbocycles. The molecule has 2 fully saturated rings. The summed E-state index contributed by atoms with van der Waals surface area (Å²) in [6, 6.07) is 6.11. The van der Waals surface area contributed by atoms with Crippen molar-refractivity contribution in [2.75, 3.05) is 37.6 Å². The molecule has 2 aliphatic rings. The van der Waals surface area contributed by atoms with Crippen molar-refractivity contribution in [3.05, 3.63) is 48.0 Å². The van der Waals surface area contributed by atoms with Gasteiger partial charge in [0.25, 0.3) is 5.91 Å². The highest BCUT2D eigenvalue weighted by atomic mass is 16.2. The van der Waals surface area contributed by atoms with Gasteiger partial charge in [-0.05, 0) is 62.6 Å². The Balaban J connectivity index is 1.32. The molecule has 1 atom stereocenters. The molecule has 7 heteroatoms. The monoisotopic (exact) mass is 437 g/mol. The summed E-state index contributed by atoms with van der Waals surface area (Å²) >= 11 is 0. The van der Waals surface area contributed by atoms with E-state index >= 15 is 0 Å². The third-order valence-corrected chi connectivity index (χ3v) is 6.76. The summed E-state index contributed by atoms with van der Waals surface area (Å²) in [6.45, 7) is 6.94. The molecular weight excluding hydrogens is 402 g/mol. The maximum absolute atomic E-state index is 13.4. The number of piperidine rings is 2. The zero-order valence-corrected chi connectivity index (χ0v) is 19.1. The van der Waals surface area contributed by atoms with E-state index in [-0.39, 0.29) is 17.7 Å². The summed E-state index contributed by atoms with van der Waals surface area (Å²) in [5.41, 5.74) is 3.08. The molecule has 2 aromatic rings. The minimum atomic E-state index is 0.0627. The number of amides is 2. The van der Waals surface area contributed by atoms with Gasteiger partial charge in [-0.1, -0.05) is 6.07 Å². The van der Waals surface area contributed by atoms with E-state index in [1.54, 1.807) is 12.5 Å². The molecule has 0 bridgehead atoms. The number of rotatable bonds is 7.